The van der Waals surface area contributed by atoms with Crippen LogP contribution in [0.5, 0.6) is 5.75 Å². The summed E-state index contributed by atoms with van der Waals surface area (Å²) in [6.07, 6.45) is 1.15. The molecule has 0 aromatic heterocycles. The van der Waals surface area contributed by atoms with Gasteiger partial charge in [0.15, 0.2) is 17.9 Å². The van der Waals surface area contributed by atoms with Crippen LogP contribution in [0, 0.1) is 34.0 Å². The van der Waals surface area contributed by atoms with Crippen molar-refractivity contribution in [2.24, 2.45) is 40.7 Å². The van der Waals surface area contributed by atoms with E-state index >= 15 is 0 Å². The number of aliphatic hydroxyl groups excluding tert-OH is 1. The third-order valence-corrected chi connectivity index (χ3v) is 13.0. The lowest BCUT2D eigenvalue weighted by molar-refractivity contribution is -0.136. The zero-order valence-corrected chi connectivity index (χ0v) is 48.5. The second-order valence-electron chi connectivity index (χ2n) is 21.0. The molecule has 0 radical (unpaired) electrons. The fourth-order valence-corrected chi connectivity index (χ4v) is 8.21. The van der Waals surface area contributed by atoms with Gasteiger partial charge in [-0.05, 0) is 107 Å². The highest BCUT2D eigenvalue weighted by Gasteiger charge is 2.35. The van der Waals surface area contributed by atoms with Crippen LogP contribution in [0.3, 0.4) is 0 Å². The predicted molar refractivity (Wildman–Crippen MR) is 308 cm³/mol. The van der Waals surface area contributed by atoms with E-state index < -0.39 is 114 Å². The minimum atomic E-state index is -1.54. The fourth-order valence-electron chi connectivity index (χ4n) is 8.21. The summed E-state index contributed by atoms with van der Waals surface area (Å²) >= 11 is 0. The summed E-state index contributed by atoms with van der Waals surface area (Å²) in [4.78, 5) is 124. The Morgan fingerprint density at radius 2 is 0.829 bits per heavy atom. The third-order valence-electron chi connectivity index (χ3n) is 13.0. The number of hydrogen-bond donors (Lipinski definition) is 21. The van der Waals surface area contributed by atoms with Gasteiger partial charge in [-0.25, -0.2) is 0 Å². The van der Waals surface area contributed by atoms with Crippen molar-refractivity contribution in [1.82, 2.24) is 63.8 Å². The van der Waals surface area contributed by atoms with Gasteiger partial charge in [-0.3, -0.25) is 59.4 Å². The van der Waals surface area contributed by atoms with Crippen molar-refractivity contribution in [1.29, 1.82) is 16.2 Å². The van der Waals surface area contributed by atoms with E-state index in [0.717, 1.165) is 0 Å². The van der Waals surface area contributed by atoms with Crippen LogP contribution in [0.15, 0.2) is 24.3 Å². The maximum absolute atomic E-state index is 14.4. The van der Waals surface area contributed by atoms with Gasteiger partial charge in [-0.15, -0.1) is 0 Å². The highest BCUT2D eigenvalue weighted by atomic mass is 16.3. The summed E-state index contributed by atoms with van der Waals surface area (Å²) in [7, 11) is 1.56. The van der Waals surface area contributed by atoms with E-state index in [4.69, 9.17) is 39.2 Å². The number of nitrogens with two attached hydrogens (primary N) is 4. The summed E-state index contributed by atoms with van der Waals surface area (Å²) < 4.78 is 0. The number of aliphatic hydroxyl groups is 1. The Labute approximate surface area is 479 Å². The van der Waals surface area contributed by atoms with Crippen LogP contribution < -0.4 is 86.7 Å². The van der Waals surface area contributed by atoms with Gasteiger partial charge in [0, 0.05) is 19.6 Å². The minimum absolute atomic E-state index is 0.0348. The summed E-state index contributed by atoms with van der Waals surface area (Å²) in [5.41, 5.74) is 22.6. The molecule has 0 fully saturated rings. The molecule has 30 heteroatoms. The molecule has 0 saturated heterocycles. The summed E-state index contributed by atoms with van der Waals surface area (Å²) in [6.45, 7) is 11.4. The van der Waals surface area contributed by atoms with Crippen LogP contribution in [0.2, 0.25) is 0 Å². The van der Waals surface area contributed by atoms with Crippen LogP contribution in [-0.4, -0.2) is 169 Å². The fraction of sp³-hybridized carbons (Fsp3) is 0.654. The van der Waals surface area contributed by atoms with Crippen molar-refractivity contribution in [3.63, 3.8) is 0 Å². The van der Waals surface area contributed by atoms with Crippen LogP contribution in [-0.2, 0) is 49.6 Å². The Kier molecular flexibility index (Phi) is 33.2. The van der Waals surface area contributed by atoms with E-state index in [1.165, 1.54) is 19.1 Å². The topological polar surface area (TPSA) is 514 Å². The van der Waals surface area contributed by atoms with E-state index in [-0.39, 0.29) is 119 Å². The first-order valence-electron chi connectivity index (χ1n) is 27.6. The molecule has 82 heavy (non-hydrogen) atoms. The van der Waals surface area contributed by atoms with Gasteiger partial charge in [0.05, 0.1) is 12.6 Å². The second-order valence-corrected chi connectivity index (χ2v) is 21.0. The number of phenols is 1. The first-order chi connectivity index (χ1) is 38.5. The minimum Gasteiger partial charge on any atom is -0.508 e. The van der Waals surface area contributed by atoms with Crippen LogP contribution >= 0.6 is 0 Å². The lowest BCUT2D eigenvalue weighted by Gasteiger charge is -2.29. The molecule has 0 heterocycles. The Hall–Kier alpha value is -8.02. The molecule has 0 unspecified atom stereocenters. The van der Waals surface area contributed by atoms with Crippen molar-refractivity contribution < 1.29 is 53.4 Å². The van der Waals surface area contributed by atoms with E-state index in [0.29, 0.717) is 12.0 Å². The van der Waals surface area contributed by atoms with Crippen molar-refractivity contribution in [2.75, 3.05) is 33.3 Å². The number of carbonyl (C=O) groups is 9. The molecule has 0 saturated carbocycles. The molecule has 1 aromatic carbocycles. The summed E-state index contributed by atoms with van der Waals surface area (Å²) in [5.74, 6) is -8.99. The van der Waals surface area contributed by atoms with E-state index in [9.17, 15) is 53.4 Å². The largest absolute Gasteiger partial charge is 0.508 e. The highest BCUT2D eigenvalue weighted by molar-refractivity contribution is 5.98. The number of primary amides is 1. The van der Waals surface area contributed by atoms with E-state index in [1.807, 2.05) is 0 Å². The summed E-state index contributed by atoms with van der Waals surface area (Å²) in [5, 5.41) is 74.2. The molecule has 1 aromatic rings. The van der Waals surface area contributed by atoms with Crippen molar-refractivity contribution in [2.45, 2.75) is 167 Å². The Morgan fingerprint density at radius 3 is 1.18 bits per heavy atom. The van der Waals surface area contributed by atoms with Crippen molar-refractivity contribution in [3.05, 3.63) is 29.8 Å². The molecule has 0 aliphatic rings. The Bertz CT molecular complexity index is 2290. The molecule has 9 amide bonds. The van der Waals surface area contributed by atoms with E-state index in [2.05, 4.69) is 63.8 Å². The number of nitrogens with one attached hydrogen (secondary N) is 15. The van der Waals surface area contributed by atoms with E-state index in [1.54, 1.807) is 60.7 Å². The van der Waals surface area contributed by atoms with Crippen molar-refractivity contribution >= 4 is 71.0 Å². The molecule has 25 N–H and O–H groups in total. The normalized spacial score (nSPS) is 14.7. The van der Waals surface area contributed by atoms with Gasteiger partial charge < -0.3 is 96.9 Å². The lowest BCUT2D eigenvalue weighted by Crippen LogP contribution is -2.61. The highest BCUT2D eigenvalue weighted by Crippen LogP contribution is 2.14. The molecule has 0 spiro atoms. The first kappa shape index (κ1) is 72.0. The molecular formula is C52H93N19O11. The average molecular weight is 1160 g/mol. The maximum atomic E-state index is 14.4. The SMILES string of the molecule is CC[C@H](C)[C@H](NC(=O)[C@H](CO)NC(=O)[C@H](CC(C)C)NC(=O)[C@H](CC(C)C)NC(=O)[C@H](CCCNC(=N)N)NC(=O)[C@H](CCCNC(=N)N)NC(=O)[C@H](C)NC(=O)[C@H](CCCNC(=N)N)NC(=O)[C@H](Cc1ccc(O)cc1)NC)C(N)=O. The van der Waals surface area contributed by atoms with Gasteiger partial charge >= 0.3 is 0 Å². The molecule has 0 aliphatic heterocycles. The molecule has 0 aliphatic carbocycles. The summed E-state index contributed by atoms with van der Waals surface area (Å²) in [6, 6.07) is -5.14. The molecule has 0 bridgehead atoms. The number of hydrogen-bond acceptors (Lipinski definition) is 15. The number of phenolic OH excluding ortho intramolecular Hbond substituents is 1. The second kappa shape index (κ2) is 37.8. The number of rotatable bonds is 39. The first-order valence-corrected chi connectivity index (χ1v) is 27.6. The van der Waals surface area contributed by atoms with Gasteiger partial charge in [0.1, 0.15) is 54.1 Å². The zero-order chi connectivity index (χ0) is 62.2. The van der Waals surface area contributed by atoms with Gasteiger partial charge in [-0.2, -0.15) is 0 Å². The van der Waals surface area contributed by atoms with Crippen LogP contribution in [0.1, 0.15) is 112 Å². The molecular weight excluding hydrogens is 1070 g/mol. The zero-order valence-electron chi connectivity index (χ0n) is 48.5. The predicted octanol–water partition coefficient (Wildman–Crippen LogP) is -4.17. The number of amides is 9. The number of benzene rings is 1. The third kappa shape index (κ3) is 28.4. The van der Waals surface area contributed by atoms with Crippen LogP contribution in [0.25, 0.3) is 0 Å². The monoisotopic (exact) mass is 1160 g/mol. The number of likely N-dealkylation sites (N-methyl/N-ethyl adjacent to an activating group) is 1. The van der Waals surface area contributed by atoms with Gasteiger partial charge in [-0.1, -0.05) is 60.1 Å². The van der Waals surface area contributed by atoms with Crippen LogP contribution in [0.4, 0.5) is 0 Å². The maximum Gasteiger partial charge on any atom is 0.245 e. The lowest BCUT2D eigenvalue weighted by atomic mass is 9.98. The number of carbonyl (C=O) groups excluding carboxylic acids is 9. The number of aromatic hydroxyl groups is 1. The Morgan fingerprint density at radius 1 is 0.488 bits per heavy atom. The van der Waals surface area contributed by atoms with Crippen molar-refractivity contribution in [3.8, 4) is 5.75 Å². The molecule has 10 atom stereocenters. The van der Waals surface area contributed by atoms with Gasteiger partial charge in [0.2, 0.25) is 53.2 Å². The molecule has 1 rings (SSSR count). The quantitative estimate of drug-likeness (QED) is 0.0169. The number of guanidine groups is 3. The standard InChI is InChI=1S/C52H93N19O11/c1-9-29(6)40(41(53)74)71-49(82)39(26-72)70-48(81)38(24-28(4)5)69-47(80)37(23-27(2)3)68-45(78)35(15-12-22-63-52(58)59)66-44(77)34(14-11-21-62-51(56)57)65-42(75)30(7)64-43(76)33(13-10-20-61-50(54)55)67-46(79)36(60-8)25-31-16-18-32(73)19-17-31/h16-19,27-30,33-40,60,72-73H,9-15,20-26H2,1-8H3,(H2,53,74)(H,64,76)(H,65,75)(H,66,77)(H,67,79)(H,68,78)(H,69,80)(H,70,81)(H,71,82)(H4,54,55,61)(H4,56,57,62)(H4,58,59,63)/t29-,30-,33-,34-,35-,36-,37-,38-,39-,40-/m0/s1. The average Bonchev–Trinajstić information content (AvgIpc) is 3.41. The van der Waals surface area contributed by atoms with Gasteiger partial charge in [0.25, 0.3) is 0 Å². The molecule has 462 valence electrons. The molecule has 30 nitrogen and oxygen atoms in total. The Balaban J connectivity index is 3.52. The smallest absolute Gasteiger partial charge is 0.245 e.